The van der Waals surface area contributed by atoms with E-state index in [0.717, 1.165) is 10.7 Å². The van der Waals surface area contributed by atoms with Gasteiger partial charge in [-0.15, -0.1) is 11.3 Å². The second-order valence-electron chi connectivity index (χ2n) is 3.21. The Hall–Kier alpha value is -1.20. The molecule has 0 aliphatic rings. The van der Waals surface area contributed by atoms with E-state index in [2.05, 4.69) is 10.3 Å². The fourth-order valence-electron chi connectivity index (χ4n) is 0.976. The third-order valence-corrected chi connectivity index (χ3v) is 2.80. The molecular weight excluding hydrogens is 212 g/mol. The van der Waals surface area contributed by atoms with Crippen molar-refractivity contribution < 1.29 is 9.90 Å². The van der Waals surface area contributed by atoms with E-state index in [9.17, 15) is 4.79 Å². The van der Waals surface area contributed by atoms with Crippen molar-refractivity contribution in [2.75, 3.05) is 6.54 Å². The van der Waals surface area contributed by atoms with Crippen LogP contribution in [0.5, 0.6) is 0 Å². The molecule has 2 N–H and O–H groups in total. The first-order valence-electron chi connectivity index (χ1n) is 4.61. The lowest BCUT2D eigenvalue weighted by Gasteiger charge is -1.98. The molecule has 1 aromatic rings. The summed E-state index contributed by atoms with van der Waals surface area (Å²) < 4.78 is 0. The summed E-state index contributed by atoms with van der Waals surface area (Å²) in [6.07, 6.45) is 1.66. The van der Waals surface area contributed by atoms with Crippen LogP contribution in [0.3, 0.4) is 0 Å². The lowest BCUT2D eigenvalue weighted by molar-refractivity contribution is -0.132. The minimum Gasteiger partial charge on any atom is -0.478 e. The molecule has 0 saturated carbocycles. The number of nitrogens with zero attached hydrogens (tertiary/aromatic N) is 1. The highest BCUT2D eigenvalue weighted by molar-refractivity contribution is 7.09. The molecule has 0 aliphatic carbocycles. The number of aryl methyl sites for hydroxylation is 1. The SMILES string of the molecule is CC(=CCNCc1nc(C)cs1)C(=O)O. The number of hydrogen-bond acceptors (Lipinski definition) is 4. The Labute approximate surface area is 92.7 Å². The Morgan fingerprint density at radius 2 is 2.47 bits per heavy atom. The van der Waals surface area contributed by atoms with E-state index in [1.54, 1.807) is 24.3 Å². The van der Waals surface area contributed by atoms with Gasteiger partial charge in [0, 0.05) is 29.7 Å². The molecule has 0 atom stereocenters. The number of carboxylic acid groups (broad SMARTS) is 1. The Balaban J connectivity index is 2.28. The van der Waals surface area contributed by atoms with Crippen molar-refractivity contribution >= 4 is 17.3 Å². The van der Waals surface area contributed by atoms with Gasteiger partial charge in [0.05, 0.1) is 0 Å². The maximum Gasteiger partial charge on any atom is 0.330 e. The summed E-state index contributed by atoms with van der Waals surface area (Å²) in [5.74, 6) is -0.873. The summed E-state index contributed by atoms with van der Waals surface area (Å²) in [5, 5.41) is 14.7. The standard InChI is InChI=1S/C10H14N2O2S/c1-7(10(13)14)3-4-11-5-9-12-8(2)6-15-9/h3,6,11H,4-5H2,1-2H3,(H,13,14). The van der Waals surface area contributed by atoms with E-state index >= 15 is 0 Å². The highest BCUT2D eigenvalue weighted by Gasteiger charge is 1.99. The monoisotopic (exact) mass is 226 g/mol. The first-order chi connectivity index (χ1) is 7.09. The molecule has 4 nitrogen and oxygen atoms in total. The summed E-state index contributed by atoms with van der Waals surface area (Å²) in [6, 6.07) is 0. The van der Waals surface area contributed by atoms with Crippen LogP contribution in [-0.4, -0.2) is 22.6 Å². The van der Waals surface area contributed by atoms with Crippen molar-refractivity contribution in [3.63, 3.8) is 0 Å². The second kappa shape index (κ2) is 5.63. The molecule has 5 heteroatoms. The quantitative estimate of drug-likeness (QED) is 0.591. The first-order valence-corrected chi connectivity index (χ1v) is 5.49. The fraction of sp³-hybridized carbons (Fsp3) is 0.400. The summed E-state index contributed by atoms with van der Waals surface area (Å²) in [5.41, 5.74) is 1.38. The number of carbonyl (C=O) groups is 1. The first kappa shape index (κ1) is 11.9. The zero-order chi connectivity index (χ0) is 11.3. The summed E-state index contributed by atoms with van der Waals surface area (Å²) in [6.45, 7) is 4.77. The van der Waals surface area contributed by atoms with Crippen LogP contribution in [0.15, 0.2) is 17.0 Å². The molecule has 15 heavy (non-hydrogen) atoms. The Bertz CT molecular complexity index is 371. The number of aliphatic carboxylic acids is 1. The molecule has 0 spiro atoms. The normalized spacial score (nSPS) is 11.7. The van der Waals surface area contributed by atoms with E-state index in [0.29, 0.717) is 18.7 Å². The van der Waals surface area contributed by atoms with Crippen LogP contribution in [-0.2, 0) is 11.3 Å². The molecule has 1 heterocycles. The topological polar surface area (TPSA) is 62.2 Å². The van der Waals surface area contributed by atoms with E-state index < -0.39 is 5.97 Å². The van der Waals surface area contributed by atoms with Crippen LogP contribution in [0.25, 0.3) is 0 Å². The van der Waals surface area contributed by atoms with Crippen LogP contribution in [0.1, 0.15) is 17.6 Å². The highest BCUT2D eigenvalue weighted by atomic mass is 32.1. The summed E-state index contributed by atoms with van der Waals surface area (Å²) in [4.78, 5) is 14.7. The highest BCUT2D eigenvalue weighted by Crippen LogP contribution is 2.07. The number of aromatic nitrogens is 1. The molecule has 0 fully saturated rings. The molecule has 0 saturated heterocycles. The fourth-order valence-corrected chi connectivity index (χ4v) is 1.72. The van der Waals surface area contributed by atoms with Gasteiger partial charge in [-0.1, -0.05) is 6.08 Å². The molecule has 0 bridgehead atoms. The molecule has 0 aliphatic heterocycles. The van der Waals surface area contributed by atoms with E-state index in [-0.39, 0.29) is 0 Å². The number of nitrogens with one attached hydrogen (secondary N) is 1. The van der Waals surface area contributed by atoms with E-state index in [4.69, 9.17) is 5.11 Å². The van der Waals surface area contributed by atoms with Gasteiger partial charge in [0.25, 0.3) is 0 Å². The van der Waals surface area contributed by atoms with Crippen LogP contribution in [0, 0.1) is 6.92 Å². The van der Waals surface area contributed by atoms with Crippen LogP contribution in [0.2, 0.25) is 0 Å². The molecule has 0 amide bonds. The molecular formula is C10H14N2O2S. The number of hydrogen-bond donors (Lipinski definition) is 2. The Kier molecular flexibility index (Phi) is 4.45. The average molecular weight is 226 g/mol. The van der Waals surface area contributed by atoms with Crippen LogP contribution >= 0.6 is 11.3 Å². The van der Waals surface area contributed by atoms with Crippen molar-refractivity contribution in [1.29, 1.82) is 0 Å². The minimum atomic E-state index is -0.873. The van der Waals surface area contributed by atoms with Gasteiger partial charge in [-0.3, -0.25) is 0 Å². The Morgan fingerprint density at radius 3 is 3.00 bits per heavy atom. The maximum atomic E-state index is 10.5. The maximum absolute atomic E-state index is 10.5. The Morgan fingerprint density at radius 1 is 1.73 bits per heavy atom. The lowest BCUT2D eigenvalue weighted by Crippen LogP contribution is -2.14. The van der Waals surface area contributed by atoms with Gasteiger partial charge in [0.1, 0.15) is 5.01 Å². The molecule has 1 aromatic heterocycles. The van der Waals surface area contributed by atoms with Gasteiger partial charge in [-0.25, -0.2) is 9.78 Å². The third kappa shape index (κ3) is 4.22. The minimum absolute atomic E-state index is 0.359. The summed E-state index contributed by atoms with van der Waals surface area (Å²) >= 11 is 1.60. The number of carboxylic acids is 1. The second-order valence-corrected chi connectivity index (χ2v) is 4.15. The molecule has 0 radical (unpaired) electrons. The zero-order valence-electron chi connectivity index (χ0n) is 8.78. The molecule has 0 unspecified atom stereocenters. The van der Waals surface area contributed by atoms with Crippen molar-refractivity contribution in [3.8, 4) is 0 Å². The zero-order valence-corrected chi connectivity index (χ0v) is 9.60. The largest absolute Gasteiger partial charge is 0.478 e. The molecule has 0 aromatic carbocycles. The molecule has 1 rings (SSSR count). The van der Waals surface area contributed by atoms with Crippen LogP contribution < -0.4 is 5.32 Å². The van der Waals surface area contributed by atoms with Crippen molar-refractivity contribution in [2.45, 2.75) is 20.4 Å². The number of rotatable bonds is 5. The third-order valence-electron chi connectivity index (χ3n) is 1.83. The van der Waals surface area contributed by atoms with Gasteiger partial charge in [0.2, 0.25) is 0 Å². The van der Waals surface area contributed by atoms with Crippen molar-refractivity contribution in [3.05, 3.63) is 27.7 Å². The number of thiazole rings is 1. The van der Waals surface area contributed by atoms with Crippen molar-refractivity contribution in [2.24, 2.45) is 0 Å². The van der Waals surface area contributed by atoms with Crippen molar-refractivity contribution in [1.82, 2.24) is 10.3 Å². The van der Waals surface area contributed by atoms with Gasteiger partial charge in [-0.05, 0) is 13.8 Å². The average Bonchev–Trinajstić information content (AvgIpc) is 2.58. The van der Waals surface area contributed by atoms with Gasteiger partial charge < -0.3 is 10.4 Å². The van der Waals surface area contributed by atoms with Gasteiger partial charge in [-0.2, -0.15) is 0 Å². The smallest absolute Gasteiger partial charge is 0.330 e. The van der Waals surface area contributed by atoms with E-state index in [1.165, 1.54) is 0 Å². The molecule has 82 valence electrons. The van der Waals surface area contributed by atoms with Crippen LogP contribution in [0.4, 0.5) is 0 Å². The summed E-state index contributed by atoms with van der Waals surface area (Å²) in [7, 11) is 0. The predicted molar refractivity (Wildman–Crippen MR) is 60.0 cm³/mol. The van der Waals surface area contributed by atoms with E-state index in [1.807, 2.05) is 12.3 Å². The lowest BCUT2D eigenvalue weighted by atomic mass is 10.3. The van der Waals surface area contributed by atoms with Gasteiger partial charge >= 0.3 is 5.97 Å². The predicted octanol–water partition coefficient (Wildman–Crippen LogP) is 1.57. The van der Waals surface area contributed by atoms with Gasteiger partial charge in [0.15, 0.2) is 0 Å².